The van der Waals surface area contributed by atoms with E-state index in [0.29, 0.717) is 19.6 Å². The van der Waals surface area contributed by atoms with Gasteiger partial charge in [-0.15, -0.1) is 0 Å². The Morgan fingerprint density at radius 2 is 2.10 bits per heavy atom. The van der Waals surface area contributed by atoms with Crippen LogP contribution in [0.2, 0.25) is 0 Å². The molecule has 7 heteroatoms. The van der Waals surface area contributed by atoms with E-state index >= 15 is 0 Å². The lowest BCUT2D eigenvalue weighted by Gasteiger charge is -2.25. The maximum Gasteiger partial charge on any atom is 0.418 e. The Morgan fingerprint density at radius 3 is 2.62 bits per heavy atom. The first-order chi connectivity index (χ1) is 9.77. The Hall–Kier alpha value is -1.76. The lowest BCUT2D eigenvalue weighted by molar-refractivity contribution is -0.136. The van der Waals surface area contributed by atoms with Crippen molar-refractivity contribution >= 4 is 11.6 Å². The zero-order chi connectivity index (χ0) is 15.7. The van der Waals surface area contributed by atoms with Gasteiger partial charge in [0.1, 0.15) is 0 Å². The van der Waals surface area contributed by atoms with Crippen molar-refractivity contribution in [1.29, 1.82) is 0 Å². The maximum absolute atomic E-state index is 13.0. The largest absolute Gasteiger partial charge is 0.418 e. The van der Waals surface area contributed by atoms with Crippen LogP contribution in [-0.4, -0.2) is 31.7 Å². The van der Waals surface area contributed by atoms with Gasteiger partial charge in [0.25, 0.3) is 5.91 Å². The third-order valence-corrected chi connectivity index (χ3v) is 3.50. The van der Waals surface area contributed by atoms with Crippen molar-refractivity contribution in [3.8, 4) is 0 Å². The number of ether oxygens (including phenoxy) is 1. The molecule has 1 aromatic rings. The van der Waals surface area contributed by atoms with E-state index < -0.39 is 23.2 Å². The fourth-order valence-electron chi connectivity index (χ4n) is 2.35. The van der Waals surface area contributed by atoms with Crippen molar-refractivity contribution < 1.29 is 22.7 Å². The van der Waals surface area contributed by atoms with Gasteiger partial charge in [0, 0.05) is 13.7 Å². The molecule has 0 saturated carbocycles. The number of carbonyl (C=O) groups excluding carboxylic acids is 1. The fraction of sp³-hybridized carbons (Fsp3) is 0.500. The Bertz CT molecular complexity index is 538. The third-order valence-electron chi connectivity index (χ3n) is 3.50. The molecule has 0 bridgehead atoms. The number of rotatable bonds is 3. The molecule has 0 spiro atoms. The molecule has 4 nitrogen and oxygen atoms in total. The molecular weight excluding hydrogens is 285 g/mol. The van der Waals surface area contributed by atoms with Gasteiger partial charge in [0.15, 0.2) is 0 Å². The first-order valence-corrected chi connectivity index (χ1v) is 6.55. The first-order valence-electron chi connectivity index (χ1n) is 6.55. The maximum atomic E-state index is 13.0. The zero-order valence-electron chi connectivity index (χ0n) is 11.8. The van der Waals surface area contributed by atoms with E-state index in [4.69, 9.17) is 4.74 Å². The number of para-hydroxylation sites is 1. The number of hydrogen-bond acceptors (Lipinski definition) is 3. The van der Waals surface area contributed by atoms with Gasteiger partial charge in [0.05, 0.1) is 29.0 Å². The van der Waals surface area contributed by atoms with Crippen molar-refractivity contribution in [3.05, 3.63) is 29.3 Å². The number of nitrogens with one attached hydrogen (secondary N) is 2. The van der Waals surface area contributed by atoms with E-state index in [0.717, 1.165) is 6.07 Å². The summed E-state index contributed by atoms with van der Waals surface area (Å²) in [6.45, 7) is 2.69. The highest BCUT2D eigenvalue weighted by molar-refractivity contribution is 6.00. The molecule has 1 heterocycles. The molecule has 1 saturated heterocycles. The van der Waals surface area contributed by atoms with Crippen LogP contribution in [0, 0.1) is 0 Å². The topological polar surface area (TPSA) is 50.4 Å². The summed E-state index contributed by atoms with van der Waals surface area (Å²) >= 11 is 0. The van der Waals surface area contributed by atoms with Crippen molar-refractivity contribution in [1.82, 2.24) is 5.32 Å². The molecule has 1 aliphatic heterocycles. The molecule has 2 N–H and O–H groups in total. The minimum absolute atomic E-state index is 0.0274. The van der Waals surface area contributed by atoms with E-state index in [9.17, 15) is 18.0 Å². The summed E-state index contributed by atoms with van der Waals surface area (Å²) < 4.78 is 44.1. The lowest BCUT2D eigenvalue weighted by atomic mass is 9.99. The standard InChI is InChI=1S/C14H17F3N2O2/c1-13(6-7-21-8-13)19-12(20)9-4-3-5-10(11(9)18-2)14(15,16)17/h3-5,18H,6-8H2,1-2H3,(H,19,20). The van der Waals surface area contributed by atoms with Crippen LogP contribution >= 0.6 is 0 Å². The van der Waals surface area contributed by atoms with Crippen LogP contribution in [-0.2, 0) is 10.9 Å². The van der Waals surface area contributed by atoms with Crippen LogP contribution in [0.3, 0.4) is 0 Å². The molecule has 1 unspecified atom stereocenters. The fourth-order valence-corrected chi connectivity index (χ4v) is 2.35. The second kappa shape index (κ2) is 5.55. The van der Waals surface area contributed by atoms with Crippen molar-refractivity contribution in [2.75, 3.05) is 25.6 Å². The van der Waals surface area contributed by atoms with Crippen LogP contribution in [0.25, 0.3) is 0 Å². The van der Waals surface area contributed by atoms with Crippen LogP contribution in [0.4, 0.5) is 18.9 Å². The van der Waals surface area contributed by atoms with E-state index in [1.807, 2.05) is 6.92 Å². The van der Waals surface area contributed by atoms with E-state index in [-0.39, 0.29) is 11.3 Å². The number of halogens is 3. The number of carbonyl (C=O) groups is 1. The first kappa shape index (κ1) is 15.6. The Labute approximate surface area is 120 Å². The average molecular weight is 302 g/mol. The summed E-state index contributed by atoms with van der Waals surface area (Å²) in [4.78, 5) is 12.3. The van der Waals surface area contributed by atoms with Gasteiger partial charge in [-0.1, -0.05) is 6.07 Å². The van der Waals surface area contributed by atoms with Gasteiger partial charge in [-0.3, -0.25) is 4.79 Å². The Morgan fingerprint density at radius 1 is 1.38 bits per heavy atom. The highest BCUT2D eigenvalue weighted by atomic mass is 19.4. The Balaban J connectivity index is 2.33. The van der Waals surface area contributed by atoms with Crippen molar-refractivity contribution in [2.24, 2.45) is 0 Å². The molecule has 0 aliphatic carbocycles. The SMILES string of the molecule is CNc1c(C(=O)NC2(C)CCOC2)cccc1C(F)(F)F. The molecule has 1 fully saturated rings. The van der Waals surface area contributed by atoms with Crippen LogP contribution in [0.15, 0.2) is 18.2 Å². The van der Waals surface area contributed by atoms with Gasteiger partial charge < -0.3 is 15.4 Å². The highest BCUT2D eigenvalue weighted by Gasteiger charge is 2.36. The summed E-state index contributed by atoms with van der Waals surface area (Å²) in [5.41, 5.74) is -1.65. The van der Waals surface area contributed by atoms with Crippen molar-refractivity contribution in [2.45, 2.75) is 25.1 Å². The average Bonchev–Trinajstić information content (AvgIpc) is 2.83. The predicted octanol–water partition coefficient (Wildman–Crippen LogP) is 2.66. The molecule has 1 aliphatic rings. The van der Waals surface area contributed by atoms with Gasteiger partial charge in [-0.05, 0) is 25.5 Å². The van der Waals surface area contributed by atoms with Gasteiger partial charge in [-0.2, -0.15) is 13.2 Å². The van der Waals surface area contributed by atoms with E-state index in [1.165, 1.54) is 19.2 Å². The number of hydrogen-bond donors (Lipinski definition) is 2. The summed E-state index contributed by atoms with van der Waals surface area (Å²) in [5, 5.41) is 5.23. The van der Waals surface area contributed by atoms with Crippen LogP contribution in [0.1, 0.15) is 29.3 Å². The number of amides is 1. The quantitative estimate of drug-likeness (QED) is 0.902. The monoisotopic (exact) mass is 302 g/mol. The van der Waals surface area contributed by atoms with Gasteiger partial charge in [0.2, 0.25) is 0 Å². The van der Waals surface area contributed by atoms with Gasteiger partial charge >= 0.3 is 6.18 Å². The number of benzene rings is 1. The molecule has 0 radical (unpaired) electrons. The molecule has 1 aromatic carbocycles. The molecular formula is C14H17F3N2O2. The lowest BCUT2D eigenvalue weighted by Crippen LogP contribution is -2.46. The number of anilines is 1. The molecule has 21 heavy (non-hydrogen) atoms. The number of alkyl halides is 3. The third kappa shape index (κ3) is 3.29. The molecule has 2 rings (SSSR count). The molecule has 1 amide bonds. The summed E-state index contributed by atoms with van der Waals surface area (Å²) in [6, 6.07) is 3.55. The second-order valence-corrected chi connectivity index (χ2v) is 5.29. The normalized spacial score (nSPS) is 22.1. The summed E-state index contributed by atoms with van der Waals surface area (Å²) in [7, 11) is 1.36. The van der Waals surface area contributed by atoms with Crippen LogP contribution < -0.4 is 10.6 Å². The minimum atomic E-state index is -4.52. The molecule has 116 valence electrons. The van der Waals surface area contributed by atoms with E-state index in [2.05, 4.69) is 10.6 Å². The second-order valence-electron chi connectivity index (χ2n) is 5.29. The predicted molar refractivity (Wildman–Crippen MR) is 72.3 cm³/mol. The zero-order valence-corrected chi connectivity index (χ0v) is 11.8. The molecule has 1 atom stereocenters. The van der Waals surface area contributed by atoms with Crippen LogP contribution in [0.5, 0.6) is 0 Å². The highest BCUT2D eigenvalue weighted by Crippen LogP contribution is 2.36. The molecule has 0 aromatic heterocycles. The Kier molecular flexibility index (Phi) is 4.13. The van der Waals surface area contributed by atoms with Crippen molar-refractivity contribution in [3.63, 3.8) is 0 Å². The van der Waals surface area contributed by atoms with Gasteiger partial charge in [-0.25, -0.2) is 0 Å². The smallest absolute Gasteiger partial charge is 0.387 e. The minimum Gasteiger partial charge on any atom is -0.387 e. The summed E-state index contributed by atoms with van der Waals surface area (Å²) in [5.74, 6) is -0.543. The summed E-state index contributed by atoms with van der Waals surface area (Å²) in [6.07, 6.45) is -3.89. The van der Waals surface area contributed by atoms with E-state index in [1.54, 1.807) is 0 Å².